The largest absolute Gasteiger partial charge is 0.507 e. The molecule has 4 heteroatoms. The number of hydrogen-bond donors (Lipinski definition) is 2. The van der Waals surface area contributed by atoms with E-state index in [0.29, 0.717) is 24.2 Å². The predicted octanol–water partition coefficient (Wildman–Crippen LogP) is 6.80. The van der Waals surface area contributed by atoms with E-state index in [1.165, 1.54) is 5.57 Å². The lowest BCUT2D eigenvalue weighted by atomic mass is 9.73. The van der Waals surface area contributed by atoms with Crippen LogP contribution in [-0.4, -0.2) is 22.8 Å². The van der Waals surface area contributed by atoms with Gasteiger partial charge >= 0.3 is 5.97 Å². The van der Waals surface area contributed by atoms with Crippen molar-refractivity contribution in [2.75, 3.05) is 6.61 Å². The average Bonchev–Trinajstić information content (AvgIpc) is 2.67. The van der Waals surface area contributed by atoms with Gasteiger partial charge in [-0.25, -0.2) is 4.79 Å². The van der Waals surface area contributed by atoms with Gasteiger partial charge < -0.3 is 14.9 Å². The van der Waals surface area contributed by atoms with Crippen LogP contribution in [0.2, 0.25) is 0 Å². The Bertz CT molecular complexity index is 791. The first-order valence-electron chi connectivity index (χ1n) is 11.4. The monoisotopic (exact) mass is 414 g/mol. The third kappa shape index (κ3) is 5.68. The average molecular weight is 415 g/mol. The Kier molecular flexibility index (Phi) is 9.01. The normalized spacial score (nSPS) is 18.7. The van der Waals surface area contributed by atoms with Crippen LogP contribution in [0, 0.1) is 5.92 Å². The molecular formula is C26H38O4. The number of hydrogen-bond acceptors (Lipinski definition) is 4. The minimum absolute atomic E-state index is 0.0395. The number of phenols is 2. The molecule has 2 N–H and O–H groups in total. The zero-order valence-corrected chi connectivity index (χ0v) is 19.1. The maximum absolute atomic E-state index is 12.9. The molecule has 0 amide bonds. The summed E-state index contributed by atoms with van der Waals surface area (Å²) in [5.74, 6) is -0.697. The van der Waals surface area contributed by atoms with E-state index >= 15 is 0 Å². The van der Waals surface area contributed by atoms with Crippen LogP contribution in [0.3, 0.4) is 0 Å². The molecule has 0 fully saturated rings. The molecule has 0 heterocycles. The zero-order chi connectivity index (χ0) is 22.3. The molecule has 0 saturated carbocycles. The van der Waals surface area contributed by atoms with Crippen LogP contribution in [-0.2, 0) is 11.2 Å². The van der Waals surface area contributed by atoms with Gasteiger partial charge in [0.15, 0.2) is 0 Å². The number of rotatable bonds is 10. The fourth-order valence-electron chi connectivity index (χ4n) is 4.42. The summed E-state index contributed by atoms with van der Waals surface area (Å²) >= 11 is 0. The fraction of sp³-hybridized carbons (Fsp3) is 0.577. The summed E-state index contributed by atoms with van der Waals surface area (Å²) in [6.45, 7) is 12.7. The molecule has 1 aliphatic rings. The van der Waals surface area contributed by atoms with E-state index in [0.717, 1.165) is 50.5 Å². The Hall–Kier alpha value is -2.23. The second-order valence-electron chi connectivity index (χ2n) is 8.67. The summed E-state index contributed by atoms with van der Waals surface area (Å²) in [4.78, 5) is 12.9. The minimum Gasteiger partial charge on any atom is -0.507 e. The Balaban J connectivity index is 2.45. The Morgan fingerprint density at radius 2 is 1.93 bits per heavy atom. The molecule has 2 rings (SSSR count). The van der Waals surface area contributed by atoms with Gasteiger partial charge in [0.25, 0.3) is 0 Å². The van der Waals surface area contributed by atoms with E-state index in [1.807, 2.05) is 13.8 Å². The molecule has 0 aromatic heterocycles. The lowest BCUT2D eigenvalue weighted by Crippen LogP contribution is -2.19. The van der Waals surface area contributed by atoms with Gasteiger partial charge in [0, 0.05) is 11.5 Å². The van der Waals surface area contributed by atoms with Crippen molar-refractivity contribution in [2.45, 2.75) is 85.0 Å². The molecule has 30 heavy (non-hydrogen) atoms. The zero-order valence-electron chi connectivity index (χ0n) is 19.1. The molecule has 0 bridgehead atoms. The van der Waals surface area contributed by atoms with E-state index in [-0.39, 0.29) is 28.9 Å². The number of esters is 1. The molecule has 1 aliphatic carbocycles. The smallest absolute Gasteiger partial charge is 0.342 e. The molecule has 4 nitrogen and oxygen atoms in total. The molecule has 1 aromatic rings. The summed E-state index contributed by atoms with van der Waals surface area (Å²) < 4.78 is 5.51. The highest BCUT2D eigenvalue weighted by molar-refractivity contribution is 5.95. The first-order chi connectivity index (χ1) is 14.3. The molecule has 0 saturated heterocycles. The quantitative estimate of drug-likeness (QED) is 0.251. The molecule has 1 aromatic carbocycles. The van der Waals surface area contributed by atoms with Crippen molar-refractivity contribution in [1.82, 2.24) is 0 Å². The van der Waals surface area contributed by atoms with Gasteiger partial charge in [-0.3, -0.25) is 0 Å². The number of ether oxygens (including phenoxy) is 1. The minimum atomic E-state index is -0.503. The molecule has 0 spiro atoms. The van der Waals surface area contributed by atoms with Gasteiger partial charge in [0.1, 0.15) is 17.1 Å². The number of aryl methyl sites for hydroxylation is 1. The van der Waals surface area contributed by atoms with E-state index in [1.54, 1.807) is 6.07 Å². The lowest BCUT2D eigenvalue weighted by molar-refractivity contribution is 0.0493. The van der Waals surface area contributed by atoms with Crippen LogP contribution in [0.4, 0.5) is 0 Å². The van der Waals surface area contributed by atoms with Crippen molar-refractivity contribution in [1.29, 1.82) is 0 Å². The molecule has 0 aliphatic heterocycles. The highest BCUT2D eigenvalue weighted by Gasteiger charge is 2.33. The lowest BCUT2D eigenvalue weighted by Gasteiger charge is -2.32. The second-order valence-corrected chi connectivity index (χ2v) is 8.67. The van der Waals surface area contributed by atoms with Crippen LogP contribution in [0.15, 0.2) is 29.9 Å². The van der Waals surface area contributed by atoms with E-state index in [4.69, 9.17) is 4.74 Å². The topological polar surface area (TPSA) is 66.8 Å². The van der Waals surface area contributed by atoms with Crippen LogP contribution in [0.1, 0.15) is 100 Å². The third-order valence-electron chi connectivity index (χ3n) is 6.07. The number of benzene rings is 1. The van der Waals surface area contributed by atoms with Crippen molar-refractivity contribution in [3.8, 4) is 11.5 Å². The van der Waals surface area contributed by atoms with Gasteiger partial charge in [-0.15, -0.1) is 0 Å². The van der Waals surface area contributed by atoms with E-state index in [2.05, 4.69) is 26.5 Å². The van der Waals surface area contributed by atoms with Crippen molar-refractivity contribution in [3.63, 3.8) is 0 Å². The Morgan fingerprint density at radius 1 is 1.20 bits per heavy atom. The van der Waals surface area contributed by atoms with Gasteiger partial charge in [0.2, 0.25) is 0 Å². The van der Waals surface area contributed by atoms with E-state index in [9.17, 15) is 15.0 Å². The summed E-state index contributed by atoms with van der Waals surface area (Å²) in [7, 11) is 0. The summed E-state index contributed by atoms with van der Waals surface area (Å²) in [6, 6.07) is 1.64. The molecule has 0 unspecified atom stereocenters. The third-order valence-corrected chi connectivity index (χ3v) is 6.07. The number of aromatic hydroxyl groups is 2. The number of carbonyl (C=O) groups excluding carboxylic acids is 1. The number of unbranched alkanes of at least 4 members (excludes halogenated alkanes) is 3. The predicted molar refractivity (Wildman–Crippen MR) is 122 cm³/mol. The Morgan fingerprint density at radius 3 is 2.57 bits per heavy atom. The summed E-state index contributed by atoms with van der Waals surface area (Å²) in [6.07, 6.45) is 9.43. The Labute approximate surface area is 181 Å². The summed E-state index contributed by atoms with van der Waals surface area (Å²) in [5.41, 5.74) is 3.49. The van der Waals surface area contributed by atoms with Gasteiger partial charge in [-0.05, 0) is 57.1 Å². The molecule has 2 atom stereocenters. The van der Waals surface area contributed by atoms with Gasteiger partial charge in [-0.1, -0.05) is 63.3 Å². The first-order valence-corrected chi connectivity index (χ1v) is 11.4. The first kappa shape index (κ1) is 24.0. The van der Waals surface area contributed by atoms with Crippen LogP contribution in [0.25, 0.3) is 0 Å². The highest BCUT2D eigenvalue weighted by atomic mass is 16.5. The van der Waals surface area contributed by atoms with Gasteiger partial charge in [-0.2, -0.15) is 0 Å². The maximum Gasteiger partial charge on any atom is 0.342 e. The fourth-order valence-corrected chi connectivity index (χ4v) is 4.42. The van der Waals surface area contributed by atoms with Crippen molar-refractivity contribution >= 4 is 5.97 Å². The van der Waals surface area contributed by atoms with E-state index < -0.39 is 5.97 Å². The van der Waals surface area contributed by atoms with Crippen LogP contribution in [0.5, 0.6) is 11.5 Å². The molecular weight excluding hydrogens is 376 g/mol. The highest BCUT2D eigenvalue weighted by Crippen LogP contribution is 2.48. The number of phenolic OH excluding ortho intramolecular Hbond substituents is 2. The van der Waals surface area contributed by atoms with Crippen molar-refractivity contribution in [2.24, 2.45) is 5.92 Å². The number of allylic oxidation sites excluding steroid dienone is 3. The maximum atomic E-state index is 12.9. The molecule has 166 valence electrons. The SMILES string of the molecule is C=C(C)[C@@H]1CCC(C)=C[C@H]1c1c(O)cc(CCC)c(C(=O)OCCCCCC)c1O. The van der Waals surface area contributed by atoms with Crippen LogP contribution >= 0.6 is 0 Å². The number of carbonyl (C=O) groups is 1. The van der Waals surface area contributed by atoms with Crippen LogP contribution < -0.4 is 0 Å². The van der Waals surface area contributed by atoms with Gasteiger partial charge in [0.05, 0.1) is 6.61 Å². The standard InChI is InChI=1S/C26H38O4/c1-6-8-9-10-14-30-26(29)23-19(11-7-2)16-22(27)24(25(23)28)21-15-18(5)12-13-20(21)17(3)4/h15-16,20-21,27-28H,3,6-14H2,1-2,4-5H3/t20-,21+/m0/s1. The van der Waals surface area contributed by atoms with Crippen molar-refractivity contribution < 1.29 is 19.7 Å². The second kappa shape index (κ2) is 11.2. The summed E-state index contributed by atoms with van der Waals surface area (Å²) in [5, 5.41) is 22.1. The molecule has 0 radical (unpaired) electrons. The van der Waals surface area contributed by atoms with Crippen molar-refractivity contribution in [3.05, 3.63) is 46.6 Å².